The molecule has 4 heterocycles. The first-order chi connectivity index (χ1) is 25.9. The van der Waals surface area contributed by atoms with Crippen LogP contribution in [0.25, 0.3) is 49.9 Å². The van der Waals surface area contributed by atoms with Crippen molar-refractivity contribution in [2.24, 2.45) is 7.05 Å². The van der Waals surface area contributed by atoms with Crippen LogP contribution in [0.15, 0.2) is 158 Å². The summed E-state index contributed by atoms with van der Waals surface area (Å²) in [5, 5.41) is 2.33. The third kappa shape index (κ3) is 4.75. The Hall–Kier alpha value is -6.53. The van der Waals surface area contributed by atoms with E-state index in [1.165, 1.54) is 10.9 Å². The van der Waals surface area contributed by atoms with Crippen molar-refractivity contribution in [3.8, 4) is 17.1 Å². The summed E-state index contributed by atoms with van der Waals surface area (Å²) in [5.41, 5.74) is 11.3. The molecule has 6 heteroatoms. The quantitative estimate of drug-likeness (QED) is 0.181. The number of para-hydroxylation sites is 4. The van der Waals surface area contributed by atoms with E-state index in [0.29, 0.717) is 11.1 Å². The topological polar surface area (TPSA) is 38.9 Å². The maximum Gasteiger partial charge on any atom is 0.150 e. The van der Waals surface area contributed by atoms with Crippen molar-refractivity contribution in [1.82, 2.24) is 19.1 Å². The molecule has 0 aliphatic carbocycles. The fraction of sp³-hybridized carbons (Fsp3) is 0.106. The van der Waals surface area contributed by atoms with Crippen LogP contribution in [0.3, 0.4) is 0 Å². The van der Waals surface area contributed by atoms with Gasteiger partial charge in [-0.25, -0.2) is 14.4 Å². The second kappa shape index (κ2) is 11.8. The Labute approximate surface area is 307 Å². The van der Waals surface area contributed by atoms with E-state index in [1.54, 1.807) is 0 Å². The smallest absolute Gasteiger partial charge is 0.150 e. The number of alkyl halides is 1. The Balaban J connectivity index is 1.13. The van der Waals surface area contributed by atoms with Crippen molar-refractivity contribution in [1.29, 1.82) is 0 Å². The monoisotopic (exact) mass is 689 g/mol. The summed E-state index contributed by atoms with van der Waals surface area (Å²) in [5.74, 6) is 1.66. The van der Waals surface area contributed by atoms with Gasteiger partial charge in [0.25, 0.3) is 0 Å². The maximum atomic E-state index is 16.8. The number of rotatable bonds is 5. The van der Waals surface area contributed by atoms with Gasteiger partial charge in [0.05, 0.1) is 27.8 Å². The number of imidazole rings is 1. The molecule has 1 aliphatic heterocycles. The molecule has 10 rings (SSSR count). The molecule has 0 N–H and O–H groups in total. The molecule has 0 fully saturated rings. The van der Waals surface area contributed by atoms with Crippen LogP contribution in [0.5, 0.6) is 0 Å². The van der Waals surface area contributed by atoms with E-state index in [1.807, 2.05) is 80.0 Å². The largest absolute Gasteiger partial charge is 0.327 e. The number of anilines is 3. The van der Waals surface area contributed by atoms with Crippen molar-refractivity contribution in [2.45, 2.75) is 25.4 Å². The SMILES string of the molecule is Cn1c(-c2cccc(C(F)c3cccc(N4c5cc6c7ccccc7n(-c7ccccc7)c6cc5C(C)(C)c5cccnc54)c3)c2)nc2ccccc21. The number of hydrogen-bond donors (Lipinski definition) is 0. The van der Waals surface area contributed by atoms with Gasteiger partial charge in [0.15, 0.2) is 6.17 Å². The normalized spacial score (nSPS) is 14.1. The number of hydrogen-bond acceptors (Lipinski definition) is 3. The van der Waals surface area contributed by atoms with Gasteiger partial charge < -0.3 is 9.13 Å². The van der Waals surface area contributed by atoms with E-state index in [9.17, 15) is 0 Å². The van der Waals surface area contributed by atoms with Crippen molar-refractivity contribution in [3.05, 3.63) is 180 Å². The summed E-state index contributed by atoms with van der Waals surface area (Å²) in [6, 6.07) is 51.6. The van der Waals surface area contributed by atoms with Gasteiger partial charge in [-0.2, -0.15) is 0 Å². The first kappa shape index (κ1) is 31.2. The zero-order valence-electron chi connectivity index (χ0n) is 29.7. The number of nitrogens with zero attached hydrogens (tertiary/aromatic N) is 5. The van der Waals surface area contributed by atoms with Gasteiger partial charge in [-0.1, -0.05) is 98.8 Å². The number of fused-ring (bicyclic) bond motifs is 6. The highest BCUT2D eigenvalue weighted by molar-refractivity contribution is 6.11. The van der Waals surface area contributed by atoms with Crippen molar-refractivity contribution >= 4 is 50.0 Å². The first-order valence-corrected chi connectivity index (χ1v) is 18.0. The number of aromatic nitrogens is 4. The molecular formula is C47H36FN5. The minimum Gasteiger partial charge on any atom is -0.327 e. The van der Waals surface area contributed by atoms with Crippen molar-refractivity contribution in [2.75, 3.05) is 4.90 Å². The molecule has 1 atom stereocenters. The highest BCUT2D eigenvalue weighted by Gasteiger charge is 2.39. The molecule has 53 heavy (non-hydrogen) atoms. The van der Waals surface area contributed by atoms with Crippen LogP contribution < -0.4 is 4.90 Å². The molecule has 1 aliphatic rings. The Kier molecular flexibility index (Phi) is 6.92. The highest BCUT2D eigenvalue weighted by atomic mass is 19.1. The average Bonchev–Trinajstić information content (AvgIpc) is 3.72. The summed E-state index contributed by atoms with van der Waals surface area (Å²) in [7, 11) is 2.00. The maximum absolute atomic E-state index is 16.8. The number of halogens is 1. The van der Waals surface area contributed by atoms with Crippen LogP contribution in [0.1, 0.15) is 42.3 Å². The lowest BCUT2D eigenvalue weighted by Crippen LogP contribution is -2.31. The number of benzene rings is 6. The molecule has 256 valence electrons. The van der Waals surface area contributed by atoms with Gasteiger partial charge >= 0.3 is 0 Å². The molecule has 0 bridgehead atoms. The zero-order chi connectivity index (χ0) is 35.8. The van der Waals surface area contributed by atoms with Gasteiger partial charge in [0, 0.05) is 51.9 Å². The summed E-state index contributed by atoms with van der Waals surface area (Å²) >= 11 is 0. The lowest BCUT2D eigenvalue weighted by atomic mass is 9.74. The summed E-state index contributed by atoms with van der Waals surface area (Å²) < 4.78 is 21.2. The molecule has 0 amide bonds. The third-order valence-electron chi connectivity index (χ3n) is 11.0. The molecule has 1 unspecified atom stereocenters. The lowest BCUT2D eigenvalue weighted by Gasteiger charge is -2.41. The molecule has 9 aromatic rings. The van der Waals surface area contributed by atoms with Gasteiger partial charge in [-0.3, -0.25) is 4.90 Å². The van der Waals surface area contributed by atoms with E-state index >= 15 is 4.39 Å². The van der Waals surface area contributed by atoms with Crippen LogP contribution in [-0.4, -0.2) is 19.1 Å². The number of aryl methyl sites for hydroxylation is 1. The Morgan fingerprint density at radius 3 is 2.15 bits per heavy atom. The van der Waals surface area contributed by atoms with Gasteiger partial charge in [-0.05, 0) is 83.4 Å². The second-order valence-corrected chi connectivity index (χ2v) is 14.5. The van der Waals surface area contributed by atoms with Crippen molar-refractivity contribution in [3.63, 3.8) is 0 Å². The molecule has 0 spiro atoms. The van der Waals surface area contributed by atoms with Crippen LogP contribution in [-0.2, 0) is 12.5 Å². The van der Waals surface area contributed by atoms with Gasteiger partial charge in [-0.15, -0.1) is 0 Å². The van der Waals surface area contributed by atoms with Crippen LogP contribution in [0.2, 0.25) is 0 Å². The summed E-state index contributed by atoms with van der Waals surface area (Å²) in [6.07, 6.45) is 0.501. The second-order valence-electron chi connectivity index (χ2n) is 14.5. The Morgan fingerprint density at radius 1 is 0.604 bits per heavy atom. The molecule has 6 aromatic carbocycles. The number of pyridine rings is 1. The fourth-order valence-electron chi connectivity index (χ4n) is 8.38. The van der Waals surface area contributed by atoms with Crippen LogP contribution in [0.4, 0.5) is 21.6 Å². The minimum absolute atomic E-state index is 0.349. The molecule has 0 saturated carbocycles. The standard InChI is InChI=1S/C47H36FN5/c1-47(2)37-21-13-25-49-46(37)53(43-28-36-35-20-7-9-23-40(35)52(42(36)29-38(43)47)33-17-5-4-6-18-33)34-19-12-15-31(27-34)44(48)30-14-11-16-32(26-30)45-50-39-22-8-10-24-41(39)51(45)3/h4-29,44H,1-3H3. The average molecular weight is 690 g/mol. The highest BCUT2D eigenvalue weighted by Crippen LogP contribution is 2.53. The summed E-state index contributed by atoms with van der Waals surface area (Å²) in [4.78, 5) is 12.1. The van der Waals surface area contributed by atoms with E-state index in [0.717, 1.165) is 67.3 Å². The third-order valence-corrected chi connectivity index (χ3v) is 11.0. The van der Waals surface area contributed by atoms with Crippen molar-refractivity contribution < 1.29 is 4.39 Å². The van der Waals surface area contributed by atoms with Gasteiger partial charge in [0.1, 0.15) is 11.6 Å². The Morgan fingerprint density at radius 2 is 1.32 bits per heavy atom. The van der Waals surface area contributed by atoms with E-state index < -0.39 is 6.17 Å². The molecule has 5 nitrogen and oxygen atoms in total. The molecule has 0 radical (unpaired) electrons. The predicted molar refractivity (Wildman–Crippen MR) is 214 cm³/mol. The minimum atomic E-state index is -1.35. The van der Waals surface area contributed by atoms with E-state index in [-0.39, 0.29) is 5.41 Å². The van der Waals surface area contributed by atoms with E-state index in [2.05, 4.69) is 113 Å². The van der Waals surface area contributed by atoms with Crippen LogP contribution in [0, 0.1) is 0 Å². The Bertz CT molecular complexity index is 2870. The molecule has 0 saturated heterocycles. The fourth-order valence-corrected chi connectivity index (χ4v) is 8.38. The predicted octanol–water partition coefficient (Wildman–Crippen LogP) is 11.9. The zero-order valence-corrected chi connectivity index (χ0v) is 29.7. The summed E-state index contributed by atoms with van der Waals surface area (Å²) in [6.45, 7) is 4.55. The molecular weight excluding hydrogens is 654 g/mol. The van der Waals surface area contributed by atoms with E-state index in [4.69, 9.17) is 9.97 Å². The lowest BCUT2D eigenvalue weighted by molar-refractivity contribution is 0.402. The molecule has 3 aromatic heterocycles. The van der Waals surface area contributed by atoms with Crippen LogP contribution >= 0.6 is 0 Å². The first-order valence-electron chi connectivity index (χ1n) is 18.0. The van der Waals surface area contributed by atoms with Gasteiger partial charge in [0.2, 0.25) is 0 Å².